The SMILES string of the molecule is CC1CC(=O)c2cnn(CCO)c2C1. The van der Waals surface area contributed by atoms with E-state index in [2.05, 4.69) is 12.0 Å². The first-order valence-corrected chi connectivity index (χ1v) is 4.91. The molecule has 0 aromatic carbocycles. The highest BCUT2D eigenvalue weighted by Crippen LogP contribution is 2.24. The molecule has 0 saturated heterocycles. The molecule has 1 aliphatic carbocycles. The summed E-state index contributed by atoms with van der Waals surface area (Å²) in [4.78, 5) is 11.6. The third kappa shape index (κ3) is 1.46. The third-order valence-electron chi connectivity index (χ3n) is 2.64. The Morgan fingerprint density at radius 2 is 2.43 bits per heavy atom. The molecule has 1 aromatic heterocycles. The first-order chi connectivity index (χ1) is 6.72. The largest absolute Gasteiger partial charge is 0.394 e. The lowest BCUT2D eigenvalue weighted by Gasteiger charge is -2.18. The lowest BCUT2D eigenvalue weighted by molar-refractivity contribution is 0.0951. The van der Waals surface area contributed by atoms with Gasteiger partial charge in [0, 0.05) is 12.1 Å². The first kappa shape index (κ1) is 9.40. The molecule has 0 fully saturated rings. The Balaban J connectivity index is 2.36. The monoisotopic (exact) mass is 194 g/mol. The second kappa shape index (κ2) is 3.53. The van der Waals surface area contributed by atoms with Gasteiger partial charge in [0.05, 0.1) is 24.9 Å². The van der Waals surface area contributed by atoms with Gasteiger partial charge in [-0.25, -0.2) is 0 Å². The summed E-state index contributed by atoms with van der Waals surface area (Å²) in [5.41, 5.74) is 1.74. The molecule has 1 unspecified atom stereocenters. The van der Waals surface area contributed by atoms with Crippen molar-refractivity contribution < 1.29 is 9.90 Å². The molecule has 0 radical (unpaired) electrons. The number of hydrogen-bond acceptors (Lipinski definition) is 3. The van der Waals surface area contributed by atoms with Gasteiger partial charge in [0.15, 0.2) is 5.78 Å². The number of hydrogen-bond donors (Lipinski definition) is 1. The van der Waals surface area contributed by atoms with Gasteiger partial charge in [0.25, 0.3) is 0 Å². The van der Waals surface area contributed by atoms with E-state index >= 15 is 0 Å². The number of carbonyl (C=O) groups excluding carboxylic acids is 1. The molecule has 1 aromatic rings. The Morgan fingerprint density at radius 1 is 1.64 bits per heavy atom. The van der Waals surface area contributed by atoms with E-state index in [1.807, 2.05) is 0 Å². The minimum absolute atomic E-state index is 0.0662. The Bertz CT molecular complexity index is 357. The van der Waals surface area contributed by atoms with E-state index in [9.17, 15) is 4.79 Å². The van der Waals surface area contributed by atoms with Crippen LogP contribution in [0.3, 0.4) is 0 Å². The van der Waals surface area contributed by atoms with Crippen molar-refractivity contribution in [3.63, 3.8) is 0 Å². The number of aromatic nitrogens is 2. The molecule has 0 aliphatic heterocycles. The van der Waals surface area contributed by atoms with Crippen molar-refractivity contribution in [1.29, 1.82) is 0 Å². The zero-order chi connectivity index (χ0) is 10.1. The Morgan fingerprint density at radius 3 is 3.14 bits per heavy atom. The van der Waals surface area contributed by atoms with Gasteiger partial charge >= 0.3 is 0 Å². The Kier molecular flexibility index (Phi) is 2.37. The van der Waals surface area contributed by atoms with Crippen LogP contribution in [0.5, 0.6) is 0 Å². The van der Waals surface area contributed by atoms with Crippen molar-refractivity contribution in [2.45, 2.75) is 26.3 Å². The van der Waals surface area contributed by atoms with E-state index in [-0.39, 0.29) is 12.4 Å². The van der Waals surface area contributed by atoms with Crippen molar-refractivity contribution >= 4 is 5.78 Å². The average molecular weight is 194 g/mol. The zero-order valence-electron chi connectivity index (χ0n) is 8.23. The highest BCUT2D eigenvalue weighted by atomic mass is 16.3. The molecule has 0 saturated carbocycles. The highest BCUT2D eigenvalue weighted by molar-refractivity contribution is 5.98. The molecule has 1 heterocycles. The van der Waals surface area contributed by atoms with Crippen LogP contribution in [0.4, 0.5) is 0 Å². The van der Waals surface area contributed by atoms with Crippen molar-refractivity contribution in [3.8, 4) is 0 Å². The summed E-state index contributed by atoms with van der Waals surface area (Å²) in [5.74, 6) is 0.576. The maximum atomic E-state index is 11.6. The van der Waals surface area contributed by atoms with Crippen molar-refractivity contribution in [2.75, 3.05) is 6.61 Å². The second-order valence-electron chi connectivity index (χ2n) is 3.89. The fourth-order valence-electron chi connectivity index (χ4n) is 1.98. The molecule has 14 heavy (non-hydrogen) atoms. The summed E-state index contributed by atoms with van der Waals surface area (Å²) in [5, 5.41) is 12.9. The summed E-state index contributed by atoms with van der Waals surface area (Å²) in [6.45, 7) is 2.61. The van der Waals surface area contributed by atoms with E-state index in [0.29, 0.717) is 18.9 Å². The average Bonchev–Trinajstić information content (AvgIpc) is 2.49. The van der Waals surface area contributed by atoms with Crippen LogP contribution in [0, 0.1) is 5.92 Å². The second-order valence-corrected chi connectivity index (χ2v) is 3.89. The molecule has 4 nitrogen and oxygen atoms in total. The van der Waals surface area contributed by atoms with Gasteiger partial charge in [-0.3, -0.25) is 9.48 Å². The molecule has 4 heteroatoms. The van der Waals surface area contributed by atoms with Gasteiger partial charge in [-0.05, 0) is 12.3 Å². The van der Waals surface area contributed by atoms with E-state index in [1.165, 1.54) is 0 Å². The number of Topliss-reactive ketones (excluding diaryl/α,β-unsaturated/α-hetero) is 1. The third-order valence-corrected chi connectivity index (χ3v) is 2.64. The van der Waals surface area contributed by atoms with Gasteiger partial charge < -0.3 is 5.11 Å². The van der Waals surface area contributed by atoms with Crippen LogP contribution in [0.1, 0.15) is 29.4 Å². The van der Waals surface area contributed by atoms with E-state index in [4.69, 9.17) is 5.11 Å². The zero-order valence-corrected chi connectivity index (χ0v) is 8.23. The molecule has 1 atom stereocenters. The lowest BCUT2D eigenvalue weighted by Crippen LogP contribution is -2.20. The maximum Gasteiger partial charge on any atom is 0.166 e. The van der Waals surface area contributed by atoms with E-state index < -0.39 is 0 Å². The summed E-state index contributed by atoms with van der Waals surface area (Å²) in [6, 6.07) is 0. The van der Waals surface area contributed by atoms with Crippen LogP contribution < -0.4 is 0 Å². The molecule has 0 bridgehead atoms. The lowest BCUT2D eigenvalue weighted by atomic mass is 9.88. The van der Waals surface area contributed by atoms with Crippen molar-refractivity contribution in [2.24, 2.45) is 5.92 Å². The van der Waals surface area contributed by atoms with Crippen LogP contribution >= 0.6 is 0 Å². The van der Waals surface area contributed by atoms with Crippen LogP contribution in [-0.4, -0.2) is 27.3 Å². The molecule has 0 amide bonds. The van der Waals surface area contributed by atoms with Gasteiger partial charge in [0.2, 0.25) is 0 Å². The summed E-state index contributed by atoms with van der Waals surface area (Å²) < 4.78 is 1.74. The van der Waals surface area contributed by atoms with Crippen molar-refractivity contribution in [3.05, 3.63) is 17.5 Å². The molecule has 2 rings (SSSR count). The maximum absolute atomic E-state index is 11.6. The molecule has 0 spiro atoms. The minimum atomic E-state index is 0.0662. The van der Waals surface area contributed by atoms with E-state index in [1.54, 1.807) is 10.9 Å². The quantitative estimate of drug-likeness (QED) is 0.751. The normalized spacial score (nSPS) is 21.0. The van der Waals surface area contributed by atoms with Crippen LogP contribution in [-0.2, 0) is 13.0 Å². The Labute approximate surface area is 82.5 Å². The number of aliphatic hydroxyl groups excluding tert-OH is 1. The number of nitrogens with zero attached hydrogens (tertiary/aromatic N) is 2. The predicted molar refractivity (Wildman–Crippen MR) is 51.1 cm³/mol. The van der Waals surface area contributed by atoms with E-state index in [0.717, 1.165) is 17.7 Å². The molecule has 1 N–H and O–H groups in total. The van der Waals surface area contributed by atoms with Gasteiger partial charge in [-0.2, -0.15) is 5.10 Å². The standard InChI is InChI=1S/C10H14N2O2/c1-7-4-9-8(10(14)5-7)6-11-12(9)2-3-13/h6-7,13H,2-5H2,1H3. The summed E-state index contributed by atoms with van der Waals surface area (Å²) >= 11 is 0. The topological polar surface area (TPSA) is 55.1 Å². The first-order valence-electron chi connectivity index (χ1n) is 4.91. The molecular weight excluding hydrogens is 180 g/mol. The van der Waals surface area contributed by atoms with Gasteiger partial charge in [-0.1, -0.05) is 6.92 Å². The summed E-state index contributed by atoms with van der Waals surface area (Å²) in [7, 11) is 0. The fourth-order valence-corrected chi connectivity index (χ4v) is 1.98. The number of rotatable bonds is 2. The smallest absolute Gasteiger partial charge is 0.166 e. The fraction of sp³-hybridized carbons (Fsp3) is 0.600. The van der Waals surface area contributed by atoms with Gasteiger partial charge in [-0.15, -0.1) is 0 Å². The number of aliphatic hydroxyl groups is 1. The van der Waals surface area contributed by atoms with Gasteiger partial charge in [0.1, 0.15) is 0 Å². The molecule has 76 valence electrons. The number of ketones is 1. The van der Waals surface area contributed by atoms with Crippen molar-refractivity contribution in [1.82, 2.24) is 9.78 Å². The predicted octanol–water partition coefficient (Wildman–Crippen LogP) is 0.640. The van der Waals surface area contributed by atoms with Crippen LogP contribution in [0.15, 0.2) is 6.20 Å². The molecule has 1 aliphatic rings. The van der Waals surface area contributed by atoms with Crippen LogP contribution in [0.25, 0.3) is 0 Å². The number of carbonyl (C=O) groups is 1. The Hall–Kier alpha value is -1.16. The van der Waals surface area contributed by atoms with Crippen LogP contribution in [0.2, 0.25) is 0 Å². The summed E-state index contributed by atoms with van der Waals surface area (Å²) in [6.07, 6.45) is 3.14. The molecular formula is C10H14N2O2. The highest BCUT2D eigenvalue weighted by Gasteiger charge is 2.25. The number of fused-ring (bicyclic) bond motifs is 1. The minimum Gasteiger partial charge on any atom is -0.394 e.